The molecule has 0 aliphatic carbocycles. The first-order chi connectivity index (χ1) is 14.0. The van der Waals surface area contributed by atoms with E-state index < -0.39 is 23.8 Å². The molecule has 4 atom stereocenters. The lowest BCUT2D eigenvalue weighted by Crippen LogP contribution is -2.39. The molecular formula is C21H22FN3O3S. The smallest absolute Gasteiger partial charge is 0.256 e. The van der Waals surface area contributed by atoms with Crippen molar-refractivity contribution in [3.8, 4) is 0 Å². The molecule has 2 aromatic heterocycles. The highest BCUT2D eigenvalue weighted by Gasteiger charge is 2.53. The van der Waals surface area contributed by atoms with Gasteiger partial charge >= 0.3 is 0 Å². The van der Waals surface area contributed by atoms with Gasteiger partial charge < -0.3 is 15.2 Å². The Morgan fingerprint density at radius 3 is 2.76 bits per heavy atom. The lowest BCUT2D eigenvalue weighted by atomic mass is 9.85. The van der Waals surface area contributed by atoms with Gasteiger partial charge in [0.1, 0.15) is 18.6 Å². The number of hydrogen-bond acceptors (Lipinski definition) is 6. The zero-order valence-electron chi connectivity index (χ0n) is 16.1. The van der Waals surface area contributed by atoms with Crippen LogP contribution in [0.3, 0.4) is 0 Å². The molecule has 0 radical (unpaired) electrons. The number of anilines is 1. The lowest BCUT2D eigenvalue weighted by molar-refractivity contribution is -0.0918. The number of fused-ring (bicyclic) bond motifs is 1. The molecule has 3 aromatic rings. The zero-order valence-corrected chi connectivity index (χ0v) is 16.9. The molecule has 3 heterocycles. The number of alkyl halides is 1. The van der Waals surface area contributed by atoms with Gasteiger partial charge in [0.15, 0.2) is 5.82 Å². The molecule has 0 bridgehead atoms. The maximum Gasteiger partial charge on any atom is 0.256 e. The number of carbonyl (C=O) groups is 1. The van der Waals surface area contributed by atoms with Crippen molar-refractivity contribution in [3.05, 3.63) is 53.2 Å². The van der Waals surface area contributed by atoms with Crippen LogP contribution < -0.4 is 5.32 Å². The predicted octanol–water partition coefficient (Wildman–Crippen LogP) is 4.13. The third kappa shape index (κ3) is 3.31. The van der Waals surface area contributed by atoms with Crippen LogP contribution in [0, 0.1) is 5.92 Å². The third-order valence-corrected chi connectivity index (χ3v) is 6.77. The summed E-state index contributed by atoms with van der Waals surface area (Å²) in [6.45, 7) is 3.41. The summed E-state index contributed by atoms with van der Waals surface area (Å²) in [6.07, 6.45) is -0.225. The fraction of sp³-hybridized carbons (Fsp3) is 0.381. The molecule has 1 aromatic carbocycles. The van der Waals surface area contributed by atoms with Crippen LogP contribution >= 0.6 is 11.3 Å². The van der Waals surface area contributed by atoms with Crippen molar-refractivity contribution in [2.45, 2.75) is 38.1 Å². The van der Waals surface area contributed by atoms with E-state index >= 15 is 4.39 Å². The number of aliphatic hydroxyl groups is 1. The summed E-state index contributed by atoms with van der Waals surface area (Å²) in [7, 11) is 0. The van der Waals surface area contributed by atoms with Crippen LogP contribution in [0.2, 0.25) is 0 Å². The van der Waals surface area contributed by atoms with Crippen molar-refractivity contribution in [2.75, 3.05) is 11.9 Å². The number of thiophene rings is 1. The second-order valence-electron chi connectivity index (χ2n) is 7.26. The molecule has 2 N–H and O–H groups in total. The summed E-state index contributed by atoms with van der Waals surface area (Å²) in [5.41, 5.74) is 0.780. The normalized spacial score (nSPS) is 26.7. The number of amides is 1. The minimum absolute atomic E-state index is 0.239. The van der Waals surface area contributed by atoms with Crippen molar-refractivity contribution in [1.82, 2.24) is 9.97 Å². The highest BCUT2D eigenvalue weighted by Crippen LogP contribution is 2.49. The maximum absolute atomic E-state index is 15.1. The van der Waals surface area contributed by atoms with Gasteiger partial charge in [0, 0.05) is 17.0 Å². The minimum Gasteiger partial charge on any atom is -0.393 e. The summed E-state index contributed by atoms with van der Waals surface area (Å²) < 4.78 is 21.8. The molecule has 0 saturated carbocycles. The Bertz CT molecular complexity index is 1020. The van der Waals surface area contributed by atoms with Crippen molar-refractivity contribution < 1.29 is 19.0 Å². The van der Waals surface area contributed by atoms with Crippen LogP contribution in [0.15, 0.2) is 42.0 Å². The van der Waals surface area contributed by atoms with Gasteiger partial charge in [-0.25, -0.2) is 14.4 Å². The van der Waals surface area contributed by atoms with Crippen LogP contribution in [0.4, 0.5) is 10.2 Å². The zero-order chi connectivity index (χ0) is 20.6. The first-order valence-electron chi connectivity index (χ1n) is 9.52. The molecule has 0 spiro atoms. The standard InChI is InChI=1S/C21H22FN3O3S/c1-3-21(10-26)12(2)15(22)17(28-21)14-9-29-18-16(14)23-11-24-19(18)25-20(27)13-7-5-4-6-8-13/h4-9,11-12,15,17,26H,3,10H2,1-2H3,(H,23,24,25,27)/t12-,15+,17-,21+/m0/s1. The lowest BCUT2D eigenvalue weighted by Gasteiger charge is -2.29. The van der Waals surface area contributed by atoms with E-state index in [1.54, 1.807) is 36.6 Å². The molecule has 8 heteroatoms. The van der Waals surface area contributed by atoms with E-state index in [-0.39, 0.29) is 12.5 Å². The van der Waals surface area contributed by atoms with Crippen molar-refractivity contribution in [3.63, 3.8) is 0 Å². The fourth-order valence-electron chi connectivity index (χ4n) is 3.84. The van der Waals surface area contributed by atoms with E-state index in [0.717, 1.165) is 0 Å². The summed E-state index contributed by atoms with van der Waals surface area (Å²) in [6, 6.07) is 8.84. The molecule has 0 unspecified atom stereocenters. The second kappa shape index (κ2) is 7.78. The number of halogens is 1. The number of rotatable bonds is 5. The van der Waals surface area contributed by atoms with Crippen molar-refractivity contribution in [1.29, 1.82) is 0 Å². The molecule has 1 fully saturated rings. The number of carbonyl (C=O) groups excluding carboxylic acids is 1. The van der Waals surface area contributed by atoms with Gasteiger partial charge in [0.2, 0.25) is 0 Å². The van der Waals surface area contributed by atoms with Gasteiger partial charge in [-0.05, 0) is 23.9 Å². The number of aromatic nitrogens is 2. The quantitative estimate of drug-likeness (QED) is 0.655. The first-order valence-corrected chi connectivity index (χ1v) is 10.4. The van der Waals surface area contributed by atoms with Crippen LogP contribution in [0.1, 0.15) is 42.3 Å². The van der Waals surface area contributed by atoms with E-state index in [1.807, 2.05) is 13.0 Å². The maximum atomic E-state index is 15.1. The van der Waals surface area contributed by atoms with Crippen molar-refractivity contribution in [2.24, 2.45) is 5.92 Å². The molecule has 1 saturated heterocycles. The van der Waals surface area contributed by atoms with Gasteiger partial charge in [-0.3, -0.25) is 4.79 Å². The summed E-state index contributed by atoms with van der Waals surface area (Å²) >= 11 is 1.33. The highest BCUT2D eigenvalue weighted by atomic mass is 32.1. The predicted molar refractivity (Wildman–Crippen MR) is 110 cm³/mol. The number of hydrogen-bond donors (Lipinski definition) is 2. The van der Waals surface area contributed by atoms with Crippen molar-refractivity contribution >= 4 is 33.3 Å². The Kier molecular flexibility index (Phi) is 5.33. The van der Waals surface area contributed by atoms with Crippen LogP contribution in [0.25, 0.3) is 10.2 Å². The average molecular weight is 415 g/mol. The van der Waals surface area contributed by atoms with E-state index in [4.69, 9.17) is 4.74 Å². The second-order valence-corrected chi connectivity index (χ2v) is 8.14. The minimum atomic E-state index is -1.27. The number of aliphatic hydroxyl groups excluding tert-OH is 1. The Morgan fingerprint density at radius 2 is 2.10 bits per heavy atom. The number of nitrogens with one attached hydrogen (secondary N) is 1. The van der Waals surface area contributed by atoms with Gasteiger partial charge in [-0.1, -0.05) is 32.0 Å². The molecule has 6 nitrogen and oxygen atoms in total. The van der Waals surface area contributed by atoms with Crippen LogP contribution in [-0.2, 0) is 4.74 Å². The van der Waals surface area contributed by atoms with E-state index in [2.05, 4.69) is 15.3 Å². The van der Waals surface area contributed by atoms with Gasteiger partial charge in [0.25, 0.3) is 5.91 Å². The van der Waals surface area contributed by atoms with Gasteiger partial charge in [-0.15, -0.1) is 11.3 Å². The SMILES string of the molecule is CC[C@]1(CO)O[C@@H](c2csc3c(NC(=O)c4ccccc4)ncnc23)[C@H](F)[C@@H]1C. The highest BCUT2D eigenvalue weighted by molar-refractivity contribution is 7.18. The number of nitrogens with zero attached hydrogens (tertiary/aromatic N) is 2. The molecule has 152 valence electrons. The first kappa shape index (κ1) is 19.9. The molecule has 4 rings (SSSR count). The Labute approximate surface area is 171 Å². The Morgan fingerprint density at radius 1 is 1.34 bits per heavy atom. The number of ether oxygens (including phenoxy) is 1. The van der Waals surface area contributed by atoms with Crippen LogP contribution in [-0.4, -0.2) is 39.4 Å². The van der Waals surface area contributed by atoms with Crippen LogP contribution in [0.5, 0.6) is 0 Å². The van der Waals surface area contributed by atoms with E-state index in [0.29, 0.717) is 33.6 Å². The third-order valence-electron chi connectivity index (χ3n) is 5.78. The Hall–Kier alpha value is -2.42. The number of benzene rings is 1. The summed E-state index contributed by atoms with van der Waals surface area (Å²) in [5, 5.41) is 14.4. The molecule has 29 heavy (non-hydrogen) atoms. The topological polar surface area (TPSA) is 84.3 Å². The van der Waals surface area contributed by atoms with E-state index in [1.165, 1.54) is 17.7 Å². The van der Waals surface area contributed by atoms with Gasteiger partial charge in [-0.2, -0.15) is 0 Å². The largest absolute Gasteiger partial charge is 0.393 e. The average Bonchev–Trinajstić information content (AvgIpc) is 3.29. The molecule has 1 amide bonds. The summed E-state index contributed by atoms with van der Waals surface area (Å²) in [5.74, 6) is -0.345. The molecule has 1 aliphatic heterocycles. The summed E-state index contributed by atoms with van der Waals surface area (Å²) in [4.78, 5) is 21.0. The molecule has 1 aliphatic rings. The van der Waals surface area contributed by atoms with E-state index in [9.17, 15) is 9.90 Å². The Balaban J connectivity index is 1.67. The van der Waals surface area contributed by atoms with Gasteiger partial charge in [0.05, 0.1) is 22.4 Å². The monoisotopic (exact) mass is 415 g/mol. The fourth-order valence-corrected chi connectivity index (χ4v) is 4.83. The molecular weight excluding hydrogens is 393 g/mol.